The van der Waals surface area contributed by atoms with E-state index >= 15 is 0 Å². The molecule has 2 saturated heterocycles. The summed E-state index contributed by atoms with van der Waals surface area (Å²) in [7, 11) is 0. The average Bonchev–Trinajstić information content (AvgIpc) is 2.72. The molecule has 2 heterocycles. The Bertz CT molecular complexity index is 218. The van der Waals surface area contributed by atoms with Crippen molar-refractivity contribution in [2.45, 2.75) is 25.8 Å². The number of nitrogens with zero attached hydrogens (tertiary/aromatic N) is 1. The second-order valence-electron chi connectivity index (χ2n) is 5.47. The van der Waals surface area contributed by atoms with Gasteiger partial charge < -0.3 is 5.32 Å². The second-order valence-corrected chi connectivity index (χ2v) is 6.46. The minimum absolute atomic E-state index is 0.423. The highest BCUT2D eigenvalue weighted by Gasteiger charge is 2.48. The summed E-state index contributed by atoms with van der Waals surface area (Å²) in [6.45, 7) is 9.96. The van der Waals surface area contributed by atoms with Crippen LogP contribution in [-0.2, 0) is 0 Å². The van der Waals surface area contributed by atoms with E-state index < -0.39 is 0 Å². The molecule has 0 aromatic carbocycles. The van der Waals surface area contributed by atoms with Gasteiger partial charge in [0.1, 0.15) is 0 Å². The molecule has 0 bridgehead atoms. The second kappa shape index (κ2) is 4.64. The Balaban J connectivity index is 1.90. The lowest BCUT2D eigenvalue weighted by atomic mass is 9.85. The quantitative estimate of drug-likeness (QED) is 0.737. The molecule has 0 amide bonds. The summed E-state index contributed by atoms with van der Waals surface area (Å²) in [5.41, 5.74) is 0.423. The Kier molecular flexibility index (Phi) is 3.63. The van der Waals surface area contributed by atoms with Crippen molar-refractivity contribution in [3.63, 3.8) is 0 Å². The molecule has 88 valence electrons. The third-order valence-electron chi connectivity index (χ3n) is 4.29. The van der Waals surface area contributed by atoms with Crippen LogP contribution in [0.15, 0.2) is 0 Å². The van der Waals surface area contributed by atoms with Gasteiger partial charge in [0, 0.05) is 18.6 Å². The van der Waals surface area contributed by atoms with E-state index in [2.05, 4.69) is 30.3 Å². The van der Waals surface area contributed by atoms with Gasteiger partial charge in [-0.2, -0.15) is 11.8 Å². The Labute approximate surface area is 98.2 Å². The van der Waals surface area contributed by atoms with Crippen molar-refractivity contribution < 1.29 is 0 Å². The fourth-order valence-corrected chi connectivity index (χ4v) is 3.70. The van der Waals surface area contributed by atoms with Crippen LogP contribution in [0, 0.1) is 11.8 Å². The van der Waals surface area contributed by atoms with Gasteiger partial charge in [-0.15, -0.1) is 0 Å². The Hall–Kier alpha value is 0.270. The normalized spacial score (nSPS) is 34.6. The Morgan fingerprint density at radius 1 is 1.40 bits per heavy atom. The van der Waals surface area contributed by atoms with Gasteiger partial charge in [-0.1, -0.05) is 0 Å². The minimum Gasteiger partial charge on any atom is -0.316 e. The van der Waals surface area contributed by atoms with Gasteiger partial charge in [0.15, 0.2) is 0 Å². The van der Waals surface area contributed by atoms with Crippen LogP contribution >= 0.6 is 11.8 Å². The van der Waals surface area contributed by atoms with E-state index in [4.69, 9.17) is 0 Å². The lowest BCUT2D eigenvalue weighted by molar-refractivity contribution is 0.140. The molecule has 1 N–H and O–H groups in total. The first-order valence-electron chi connectivity index (χ1n) is 6.11. The smallest absolute Gasteiger partial charge is 0.0197 e. The zero-order chi connectivity index (χ0) is 10.9. The summed E-state index contributed by atoms with van der Waals surface area (Å²) >= 11 is 1.97. The minimum atomic E-state index is 0.423. The number of hydrogen-bond donors (Lipinski definition) is 1. The molecule has 2 unspecified atom stereocenters. The highest BCUT2D eigenvalue weighted by Crippen LogP contribution is 2.40. The topological polar surface area (TPSA) is 15.3 Å². The van der Waals surface area contributed by atoms with Crippen LogP contribution < -0.4 is 5.32 Å². The van der Waals surface area contributed by atoms with Crippen LogP contribution in [-0.4, -0.2) is 48.6 Å². The fourth-order valence-electron chi connectivity index (χ4n) is 3.28. The summed E-state index contributed by atoms with van der Waals surface area (Å²) in [6.07, 6.45) is 3.55. The number of likely N-dealkylation sites (tertiary alicyclic amines) is 1. The van der Waals surface area contributed by atoms with Crippen molar-refractivity contribution in [1.29, 1.82) is 0 Å². The molecule has 2 nitrogen and oxygen atoms in total. The number of rotatable bonds is 4. The predicted octanol–water partition coefficient (Wildman–Crippen LogP) is 1.67. The average molecular weight is 228 g/mol. The van der Waals surface area contributed by atoms with Crippen LogP contribution in [0.2, 0.25) is 0 Å². The van der Waals surface area contributed by atoms with E-state index in [0.29, 0.717) is 5.54 Å². The number of nitrogens with one attached hydrogen (secondary N) is 1. The maximum absolute atomic E-state index is 3.54. The maximum Gasteiger partial charge on any atom is 0.0197 e. The van der Waals surface area contributed by atoms with Gasteiger partial charge in [0.25, 0.3) is 0 Å². The third kappa shape index (κ3) is 2.20. The van der Waals surface area contributed by atoms with Crippen molar-refractivity contribution in [2.24, 2.45) is 11.8 Å². The summed E-state index contributed by atoms with van der Waals surface area (Å²) in [6, 6.07) is 0. The summed E-state index contributed by atoms with van der Waals surface area (Å²) < 4.78 is 0. The first-order chi connectivity index (χ1) is 7.16. The molecule has 2 aliphatic rings. The molecular weight excluding hydrogens is 204 g/mol. The van der Waals surface area contributed by atoms with Crippen LogP contribution in [0.1, 0.15) is 20.3 Å². The number of fused-ring (bicyclic) bond motifs is 1. The van der Waals surface area contributed by atoms with Gasteiger partial charge in [-0.3, -0.25) is 4.90 Å². The molecule has 0 radical (unpaired) electrons. The first kappa shape index (κ1) is 11.7. The molecule has 0 spiro atoms. The number of thioether (sulfide) groups is 1. The summed E-state index contributed by atoms with van der Waals surface area (Å²) in [5.74, 6) is 3.10. The summed E-state index contributed by atoms with van der Waals surface area (Å²) in [5, 5.41) is 3.54. The molecule has 2 aliphatic heterocycles. The SMILES string of the molecule is CSCCCN1CC2CNCC2C1(C)C. The van der Waals surface area contributed by atoms with Crippen molar-refractivity contribution in [3.05, 3.63) is 0 Å². The van der Waals surface area contributed by atoms with E-state index in [1.807, 2.05) is 11.8 Å². The van der Waals surface area contributed by atoms with Crippen molar-refractivity contribution in [1.82, 2.24) is 10.2 Å². The van der Waals surface area contributed by atoms with Crippen molar-refractivity contribution in [3.8, 4) is 0 Å². The van der Waals surface area contributed by atoms with Gasteiger partial charge in [0.05, 0.1) is 0 Å². The van der Waals surface area contributed by atoms with Crippen LogP contribution in [0.4, 0.5) is 0 Å². The lowest BCUT2D eigenvalue weighted by Crippen LogP contribution is -2.44. The summed E-state index contributed by atoms with van der Waals surface area (Å²) in [4.78, 5) is 2.72. The maximum atomic E-state index is 3.54. The molecule has 0 saturated carbocycles. The van der Waals surface area contributed by atoms with Crippen molar-refractivity contribution >= 4 is 11.8 Å². The predicted molar refractivity (Wildman–Crippen MR) is 68.5 cm³/mol. The standard InChI is InChI=1S/C12H24N2S/c1-12(2)11-8-13-7-10(11)9-14(12)5-4-6-15-3/h10-11,13H,4-9H2,1-3H3. The zero-order valence-corrected chi connectivity index (χ0v) is 11.1. The highest BCUT2D eigenvalue weighted by molar-refractivity contribution is 7.98. The van der Waals surface area contributed by atoms with Crippen LogP contribution in [0.25, 0.3) is 0 Å². The molecule has 3 heteroatoms. The Morgan fingerprint density at radius 3 is 2.87 bits per heavy atom. The van der Waals surface area contributed by atoms with E-state index in [1.54, 1.807) is 0 Å². The molecule has 2 atom stereocenters. The van der Waals surface area contributed by atoms with E-state index in [0.717, 1.165) is 11.8 Å². The lowest BCUT2D eigenvalue weighted by Gasteiger charge is -2.35. The fraction of sp³-hybridized carbons (Fsp3) is 1.00. The van der Waals surface area contributed by atoms with E-state index in [1.165, 1.54) is 38.4 Å². The Morgan fingerprint density at radius 2 is 2.20 bits per heavy atom. The molecule has 2 fully saturated rings. The molecule has 0 aromatic rings. The van der Waals surface area contributed by atoms with E-state index in [-0.39, 0.29) is 0 Å². The molecule has 2 rings (SSSR count). The molecular formula is C12H24N2S. The highest BCUT2D eigenvalue weighted by atomic mass is 32.2. The van der Waals surface area contributed by atoms with Gasteiger partial charge >= 0.3 is 0 Å². The van der Waals surface area contributed by atoms with Gasteiger partial charge in [-0.05, 0) is 57.2 Å². The van der Waals surface area contributed by atoms with Crippen LogP contribution in [0.3, 0.4) is 0 Å². The van der Waals surface area contributed by atoms with E-state index in [9.17, 15) is 0 Å². The first-order valence-corrected chi connectivity index (χ1v) is 7.50. The van der Waals surface area contributed by atoms with Crippen LogP contribution in [0.5, 0.6) is 0 Å². The van der Waals surface area contributed by atoms with Gasteiger partial charge in [0.2, 0.25) is 0 Å². The van der Waals surface area contributed by atoms with Crippen molar-refractivity contribution in [2.75, 3.05) is 38.2 Å². The zero-order valence-electron chi connectivity index (χ0n) is 10.3. The van der Waals surface area contributed by atoms with Gasteiger partial charge in [-0.25, -0.2) is 0 Å². The third-order valence-corrected chi connectivity index (χ3v) is 4.99. The molecule has 15 heavy (non-hydrogen) atoms. The monoisotopic (exact) mass is 228 g/mol. The molecule has 0 aromatic heterocycles. The number of hydrogen-bond acceptors (Lipinski definition) is 3. The molecule has 0 aliphatic carbocycles. The largest absolute Gasteiger partial charge is 0.316 e.